The molecule has 7 nitrogen and oxygen atoms in total. The molecule has 3 aromatic heterocycles. The van der Waals surface area contributed by atoms with Gasteiger partial charge in [0, 0.05) is 42.7 Å². The fourth-order valence-corrected chi connectivity index (χ4v) is 4.27. The number of rotatable bonds is 5. The second-order valence-corrected chi connectivity index (χ2v) is 7.81. The van der Waals surface area contributed by atoms with Gasteiger partial charge < -0.3 is 20.6 Å². The fraction of sp³-hybridized carbons (Fsp3) is 0.550. The molecule has 7 heteroatoms. The Balaban J connectivity index is 1.82. The van der Waals surface area contributed by atoms with Gasteiger partial charge in [0.05, 0.1) is 11.7 Å². The van der Waals surface area contributed by atoms with Gasteiger partial charge in [-0.15, -0.1) is 0 Å². The number of aromatic nitrogens is 4. The number of fused-ring (bicyclic) bond motifs is 3. The third kappa shape index (κ3) is 3.26. The largest absolute Gasteiger partial charge is 0.346 e. The second kappa shape index (κ2) is 7.40. The van der Waals surface area contributed by atoms with Gasteiger partial charge in [-0.2, -0.15) is 0 Å². The van der Waals surface area contributed by atoms with Gasteiger partial charge in [0.1, 0.15) is 16.9 Å². The lowest BCUT2D eigenvalue weighted by molar-refractivity contribution is 0.292. The molecule has 0 aliphatic heterocycles. The summed E-state index contributed by atoms with van der Waals surface area (Å²) in [5.41, 5.74) is 8.79. The molecule has 1 aliphatic carbocycles. The fourth-order valence-electron chi connectivity index (χ4n) is 4.27. The highest BCUT2D eigenvalue weighted by Gasteiger charge is 2.26. The Labute approximate surface area is 158 Å². The lowest BCUT2D eigenvalue weighted by atomic mass is 9.90. The quantitative estimate of drug-likeness (QED) is 0.642. The number of hydrogen-bond acceptors (Lipinski definition) is 5. The highest BCUT2D eigenvalue weighted by atomic mass is 16.1. The Morgan fingerprint density at radius 2 is 2.11 bits per heavy atom. The van der Waals surface area contributed by atoms with E-state index in [2.05, 4.69) is 20.3 Å². The molecule has 0 amide bonds. The van der Waals surface area contributed by atoms with E-state index >= 15 is 0 Å². The van der Waals surface area contributed by atoms with Crippen molar-refractivity contribution in [3.63, 3.8) is 0 Å². The molecule has 0 spiro atoms. The van der Waals surface area contributed by atoms with E-state index in [0.717, 1.165) is 54.3 Å². The normalized spacial score (nSPS) is 20.7. The monoisotopic (exact) mass is 368 g/mol. The molecule has 1 fully saturated rings. The van der Waals surface area contributed by atoms with Crippen LogP contribution in [0.3, 0.4) is 0 Å². The lowest BCUT2D eigenvalue weighted by Crippen LogP contribution is -2.39. The van der Waals surface area contributed by atoms with Crippen LogP contribution in [0.25, 0.3) is 22.1 Å². The maximum Gasteiger partial charge on any atom is 0.273 e. The molecule has 0 aromatic carbocycles. The first-order valence-electron chi connectivity index (χ1n) is 9.91. The molecule has 0 bridgehead atoms. The highest BCUT2D eigenvalue weighted by Crippen LogP contribution is 2.32. The van der Waals surface area contributed by atoms with Crippen molar-refractivity contribution in [3.05, 3.63) is 34.5 Å². The Hall–Kier alpha value is -2.25. The van der Waals surface area contributed by atoms with E-state index in [4.69, 9.17) is 5.73 Å². The van der Waals surface area contributed by atoms with Gasteiger partial charge in [-0.25, -0.2) is 9.97 Å². The molecule has 1 saturated carbocycles. The van der Waals surface area contributed by atoms with Crippen LogP contribution >= 0.6 is 0 Å². The summed E-state index contributed by atoms with van der Waals surface area (Å²) in [4.78, 5) is 25.7. The minimum absolute atomic E-state index is 0.0459. The zero-order chi connectivity index (χ0) is 19.0. The summed E-state index contributed by atoms with van der Waals surface area (Å²) in [6.45, 7) is 5.55. The molecular weight excluding hydrogens is 340 g/mol. The highest BCUT2D eigenvalue weighted by molar-refractivity contribution is 6.00. The first-order valence-corrected chi connectivity index (χ1v) is 9.91. The number of H-pyrrole nitrogens is 1. The van der Waals surface area contributed by atoms with Gasteiger partial charge in [0.15, 0.2) is 0 Å². The smallest absolute Gasteiger partial charge is 0.273 e. The predicted molar refractivity (Wildman–Crippen MR) is 108 cm³/mol. The van der Waals surface area contributed by atoms with Crippen molar-refractivity contribution >= 4 is 22.1 Å². The van der Waals surface area contributed by atoms with Crippen molar-refractivity contribution in [3.8, 4) is 0 Å². The maximum absolute atomic E-state index is 13.4. The zero-order valence-electron chi connectivity index (χ0n) is 16.0. The van der Waals surface area contributed by atoms with Crippen molar-refractivity contribution in [1.29, 1.82) is 0 Å². The van der Waals surface area contributed by atoms with Crippen molar-refractivity contribution in [2.45, 2.75) is 57.5 Å². The molecule has 4 N–H and O–H groups in total. The Morgan fingerprint density at radius 1 is 1.33 bits per heavy atom. The van der Waals surface area contributed by atoms with Crippen molar-refractivity contribution in [2.24, 2.45) is 5.73 Å². The molecule has 0 unspecified atom stereocenters. The first-order chi connectivity index (χ1) is 13.1. The summed E-state index contributed by atoms with van der Waals surface area (Å²) >= 11 is 0. The van der Waals surface area contributed by atoms with Crippen LogP contribution in [-0.2, 0) is 0 Å². The van der Waals surface area contributed by atoms with Crippen LogP contribution in [0.2, 0.25) is 0 Å². The van der Waals surface area contributed by atoms with E-state index in [1.807, 2.05) is 30.7 Å². The number of nitrogens with zero attached hydrogens (tertiary/aromatic N) is 3. The second-order valence-electron chi connectivity index (χ2n) is 7.81. The number of nitrogens with one attached hydrogen (secondary N) is 2. The van der Waals surface area contributed by atoms with E-state index in [-0.39, 0.29) is 17.5 Å². The van der Waals surface area contributed by atoms with E-state index in [1.54, 1.807) is 6.20 Å². The summed E-state index contributed by atoms with van der Waals surface area (Å²) in [5.74, 6) is 0.0811. The van der Waals surface area contributed by atoms with Crippen LogP contribution < -0.4 is 16.6 Å². The maximum atomic E-state index is 13.4. The Morgan fingerprint density at radius 3 is 2.81 bits per heavy atom. The summed E-state index contributed by atoms with van der Waals surface area (Å²) in [5, 5.41) is 4.48. The summed E-state index contributed by atoms with van der Waals surface area (Å²) in [6.07, 6.45) is 7.72. The zero-order valence-corrected chi connectivity index (χ0v) is 16.0. The molecule has 1 aliphatic rings. The predicted octanol–water partition coefficient (Wildman–Crippen LogP) is 2.43. The first kappa shape index (κ1) is 18.1. The number of aromatic amines is 1. The van der Waals surface area contributed by atoms with E-state index in [1.165, 1.54) is 0 Å². The number of hydrogen-bond donors (Lipinski definition) is 3. The summed E-state index contributed by atoms with van der Waals surface area (Å²) < 4.78 is 2.01. The molecule has 0 atom stereocenters. The minimum atomic E-state index is 0.0459. The molecule has 3 aromatic rings. The molecule has 144 valence electrons. The van der Waals surface area contributed by atoms with Crippen LogP contribution in [-0.4, -0.2) is 38.7 Å². The van der Waals surface area contributed by atoms with E-state index < -0.39 is 0 Å². The van der Waals surface area contributed by atoms with Crippen molar-refractivity contribution in [1.82, 2.24) is 24.8 Å². The van der Waals surface area contributed by atoms with Crippen molar-refractivity contribution in [2.75, 3.05) is 13.1 Å². The lowest BCUT2D eigenvalue weighted by Gasteiger charge is -2.31. The van der Waals surface area contributed by atoms with Crippen LogP contribution in [0, 0.1) is 0 Å². The number of nitrogens with two attached hydrogens (primary N) is 1. The molecular formula is C20H28N6O. The Kier molecular flexibility index (Phi) is 4.97. The SMILES string of the molecule is CC(C)c1nc2cnc3[nH]ccc3c2n(C2CCC(NCCN)CC2)c1=O. The molecule has 3 heterocycles. The van der Waals surface area contributed by atoms with Gasteiger partial charge >= 0.3 is 0 Å². The van der Waals surface area contributed by atoms with Gasteiger partial charge in [-0.3, -0.25) is 4.79 Å². The van der Waals surface area contributed by atoms with E-state index in [9.17, 15) is 4.79 Å². The van der Waals surface area contributed by atoms with Crippen LogP contribution in [0.1, 0.15) is 57.2 Å². The van der Waals surface area contributed by atoms with Crippen LogP contribution in [0.15, 0.2) is 23.3 Å². The topological polar surface area (TPSA) is 102 Å². The van der Waals surface area contributed by atoms with Crippen LogP contribution in [0.4, 0.5) is 0 Å². The molecule has 0 radical (unpaired) electrons. The van der Waals surface area contributed by atoms with Gasteiger partial charge in [0.25, 0.3) is 5.56 Å². The van der Waals surface area contributed by atoms with E-state index in [0.29, 0.717) is 18.3 Å². The van der Waals surface area contributed by atoms with Crippen molar-refractivity contribution < 1.29 is 0 Å². The third-order valence-corrected chi connectivity index (χ3v) is 5.64. The average Bonchev–Trinajstić information content (AvgIpc) is 3.15. The summed E-state index contributed by atoms with van der Waals surface area (Å²) in [7, 11) is 0. The molecule has 4 rings (SSSR count). The average molecular weight is 368 g/mol. The minimum Gasteiger partial charge on any atom is -0.346 e. The molecule has 0 saturated heterocycles. The van der Waals surface area contributed by atoms with Crippen LogP contribution in [0.5, 0.6) is 0 Å². The summed E-state index contributed by atoms with van der Waals surface area (Å²) in [6, 6.07) is 2.68. The van der Waals surface area contributed by atoms with Gasteiger partial charge in [0.2, 0.25) is 0 Å². The molecule has 27 heavy (non-hydrogen) atoms. The third-order valence-electron chi connectivity index (χ3n) is 5.64. The standard InChI is InChI=1S/C20H28N6O/c1-12(2)17-20(27)26(14-5-3-13(4-6-14)22-10-8-21)18-15-7-9-23-19(15)24-11-16(18)25-17/h7,9,11-14,22H,3-6,8,10,21H2,1-2H3,(H,23,24). The number of pyridine rings is 1. The van der Waals surface area contributed by atoms with Gasteiger partial charge in [-0.05, 0) is 31.7 Å². The Bertz CT molecular complexity index is 997. The van der Waals surface area contributed by atoms with Gasteiger partial charge in [-0.1, -0.05) is 13.8 Å².